The van der Waals surface area contributed by atoms with Crippen molar-refractivity contribution < 1.29 is 4.79 Å². The maximum absolute atomic E-state index is 12.1. The van der Waals surface area contributed by atoms with Gasteiger partial charge in [0, 0.05) is 5.92 Å². The first-order chi connectivity index (χ1) is 7.31. The molecule has 1 aromatic heterocycles. The maximum atomic E-state index is 12.1. The van der Waals surface area contributed by atoms with Crippen LogP contribution in [0.25, 0.3) is 0 Å². The lowest BCUT2D eigenvalue weighted by molar-refractivity contribution is 0.0899. The molecule has 0 bridgehead atoms. The van der Waals surface area contributed by atoms with Gasteiger partial charge >= 0.3 is 0 Å². The van der Waals surface area contributed by atoms with Crippen molar-refractivity contribution in [2.45, 2.75) is 17.1 Å². The Labute approximate surface area is 111 Å². The molecule has 0 atom stereocenters. The van der Waals surface area contributed by atoms with E-state index in [1.54, 1.807) is 23.1 Å². The molecule has 16 heavy (non-hydrogen) atoms. The molecule has 2 heterocycles. The molecule has 0 aliphatic carbocycles. The number of ketones is 1. The summed E-state index contributed by atoms with van der Waals surface area (Å²) in [7, 11) is 0. The van der Waals surface area contributed by atoms with E-state index in [9.17, 15) is 4.79 Å². The van der Waals surface area contributed by atoms with Gasteiger partial charge < -0.3 is 5.32 Å². The van der Waals surface area contributed by atoms with E-state index in [2.05, 4.69) is 5.32 Å². The fourth-order valence-corrected chi connectivity index (χ4v) is 3.41. The molecule has 0 unspecified atom stereocenters. The van der Waals surface area contributed by atoms with Crippen LogP contribution in [-0.2, 0) is 0 Å². The summed E-state index contributed by atoms with van der Waals surface area (Å²) in [5, 5.41) is 3.28. The predicted molar refractivity (Wildman–Crippen MR) is 73.3 cm³/mol. The number of rotatable bonds is 3. The summed E-state index contributed by atoms with van der Waals surface area (Å²) in [6.07, 6.45) is 4.03. The molecule has 1 N–H and O–H groups in total. The summed E-state index contributed by atoms with van der Waals surface area (Å²) in [4.78, 5) is 13.0. The third kappa shape index (κ3) is 3.23. The predicted octanol–water partition coefficient (Wildman–Crippen LogP) is 3.07. The second-order valence-electron chi connectivity index (χ2n) is 3.71. The Morgan fingerprint density at radius 3 is 2.69 bits per heavy atom. The minimum atomic E-state index is 0. The molecule has 1 aliphatic heterocycles. The number of nitrogens with one attached hydrogen (secondary N) is 1. The average molecular weight is 278 g/mol. The second-order valence-corrected chi connectivity index (χ2v) is 5.90. The van der Waals surface area contributed by atoms with E-state index in [0.29, 0.717) is 5.78 Å². The van der Waals surface area contributed by atoms with Crippen molar-refractivity contribution in [3.05, 3.63) is 17.0 Å². The van der Waals surface area contributed by atoms with Crippen LogP contribution in [-0.4, -0.2) is 25.1 Å². The minimum Gasteiger partial charge on any atom is -0.317 e. The average Bonchev–Trinajstić information content (AvgIpc) is 2.78. The zero-order valence-electron chi connectivity index (χ0n) is 9.19. The zero-order chi connectivity index (χ0) is 10.7. The van der Waals surface area contributed by atoms with Crippen LogP contribution in [0.15, 0.2) is 16.3 Å². The van der Waals surface area contributed by atoms with Gasteiger partial charge in [-0.2, -0.15) is 0 Å². The zero-order valence-corrected chi connectivity index (χ0v) is 11.6. The third-order valence-electron chi connectivity index (χ3n) is 2.74. The smallest absolute Gasteiger partial charge is 0.175 e. The molecule has 1 fully saturated rings. The van der Waals surface area contributed by atoms with Crippen LogP contribution in [0.3, 0.4) is 0 Å². The van der Waals surface area contributed by atoms with Crippen molar-refractivity contribution in [1.82, 2.24) is 5.32 Å². The van der Waals surface area contributed by atoms with E-state index in [-0.39, 0.29) is 18.3 Å². The summed E-state index contributed by atoms with van der Waals surface area (Å²) in [6.45, 7) is 1.97. The van der Waals surface area contributed by atoms with Crippen molar-refractivity contribution in [3.63, 3.8) is 0 Å². The van der Waals surface area contributed by atoms with Gasteiger partial charge in [0.05, 0.1) is 9.09 Å². The highest BCUT2D eigenvalue weighted by Gasteiger charge is 2.23. The lowest BCUT2D eigenvalue weighted by atomic mass is 9.93. The molecule has 5 heteroatoms. The Kier molecular flexibility index (Phi) is 5.83. The van der Waals surface area contributed by atoms with Gasteiger partial charge in [-0.25, -0.2) is 0 Å². The fraction of sp³-hybridized carbons (Fsp3) is 0.545. The van der Waals surface area contributed by atoms with E-state index < -0.39 is 0 Å². The molecule has 0 radical (unpaired) electrons. The Bertz CT molecular complexity index is 348. The number of thiophene rings is 1. The lowest BCUT2D eigenvalue weighted by Crippen LogP contribution is -2.31. The molecule has 0 aromatic carbocycles. The lowest BCUT2D eigenvalue weighted by Gasteiger charge is -2.20. The van der Waals surface area contributed by atoms with Gasteiger partial charge in [-0.15, -0.1) is 35.5 Å². The molecule has 0 amide bonds. The highest BCUT2D eigenvalue weighted by Crippen LogP contribution is 2.28. The molecule has 1 aromatic rings. The number of hydrogen-bond donors (Lipinski definition) is 1. The Balaban J connectivity index is 0.00000128. The van der Waals surface area contributed by atoms with Gasteiger partial charge in [0.2, 0.25) is 0 Å². The van der Waals surface area contributed by atoms with E-state index >= 15 is 0 Å². The molecule has 1 aliphatic rings. The molecule has 1 saturated heterocycles. The van der Waals surface area contributed by atoms with Crippen LogP contribution in [0.4, 0.5) is 0 Å². The summed E-state index contributed by atoms with van der Waals surface area (Å²) in [5.74, 6) is 0.599. The summed E-state index contributed by atoms with van der Waals surface area (Å²) in [6, 6.07) is 4.02. The van der Waals surface area contributed by atoms with Crippen molar-refractivity contribution in [3.8, 4) is 0 Å². The Hall–Kier alpha value is -0.0300. The van der Waals surface area contributed by atoms with Gasteiger partial charge in [0.25, 0.3) is 0 Å². The number of carbonyl (C=O) groups excluding carboxylic acids is 1. The topological polar surface area (TPSA) is 29.1 Å². The highest BCUT2D eigenvalue weighted by molar-refractivity contribution is 8.00. The van der Waals surface area contributed by atoms with Crippen LogP contribution in [0.2, 0.25) is 0 Å². The number of carbonyl (C=O) groups is 1. The second kappa shape index (κ2) is 6.64. The number of halogens is 1. The number of hydrogen-bond acceptors (Lipinski definition) is 4. The van der Waals surface area contributed by atoms with Crippen molar-refractivity contribution >= 4 is 41.3 Å². The van der Waals surface area contributed by atoms with Gasteiger partial charge in [-0.3, -0.25) is 4.79 Å². The van der Waals surface area contributed by atoms with E-state index in [4.69, 9.17) is 0 Å². The summed E-state index contributed by atoms with van der Waals surface area (Å²) < 4.78 is 1.23. The standard InChI is InChI=1S/C11H15NOS2.ClH/c1-14-10-3-2-9(15-10)11(13)8-4-6-12-7-5-8;/h2-3,8,12H,4-7H2,1H3;1H. The molecule has 2 rings (SSSR count). The fourth-order valence-electron chi connectivity index (χ4n) is 1.85. The first-order valence-corrected chi connectivity index (χ1v) is 7.24. The molecule has 0 saturated carbocycles. The Morgan fingerprint density at radius 2 is 2.12 bits per heavy atom. The third-order valence-corrected chi connectivity index (χ3v) is 4.92. The first-order valence-electron chi connectivity index (χ1n) is 5.20. The number of piperidine rings is 1. The van der Waals surface area contributed by atoms with Gasteiger partial charge in [0.1, 0.15) is 0 Å². The van der Waals surface area contributed by atoms with E-state index in [0.717, 1.165) is 30.8 Å². The van der Waals surface area contributed by atoms with Gasteiger partial charge in [-0.1, -0.05) is 0 Å². The van der Waals surface area contributed by atoms with E-state index in [1.807, 2.05) is 18.4 Å². The van der Waals surface area contributed by atoms with Crippen molar-refractivity contribution in [2.75, 3.05) is 19.3 Å². The SMILES string of the molecule is CSc1ccc(C(=O)C2CCNCC2)s1.Cl. The molecule has 2 nitrogen and oxygen atoms in total. The largest absolute Gasteiger partial charge is 0.317 e. The normalized spacial score (nSPS) is 16.8. The molecule has 0 spiro atoms. The van der Waals surface area contributed by atoms with Crippen LogP contribution < -0.4 is 5.32 Å². The monoisotopic (exact) mass is 277 g/mol. The van der Waals surface area contributed by atoms with Crippen LogP contribution >= 0.6 is 35.5 Å². The number of Topliss-reactive ketones (excluding diaryl/α,β-unsaturated/α-hetero) is 1. The Morgan fingerprint density at radius 1 is 1.44 bits per heavy atom. The highest BCUT2D eigenvalue weighted by atomic mass is 35.5. The molecule has 90 valence electrons. The van der Waals surface area contributed by atoms with Crippen LogP contribution in [0.5, 0.6) is 0 Å². The molecular formula is C11H16ClNOS2. The molecular weight excluding hydrogens is 262 g/mol. The van der Waals surface area contributed by atoms with Crippen molar-refractivity contribution in [1.29, 1.82) is 0 Å². The summed E-state index contributed by atoms with van der Waals surface area (Å²) in [5.41, 5.74) is 0. The van der Waals surface area contributed by atoms with Gasteiger partial charge in [-0.05, 0) is 44.3 Å². The van der Waals surface area contributed by atoms with Crippen LogP contribution in [0, 0.1) is 5.92 Å². The first kappa shape index (κ1) is 14.0. The van der Waals surface area contributed by atoms with Crippen LogP contribution in [0.1, 0.15) is 22.5 Å². The minimum absolute atomic E-state index is 0. The maximum Gasteiger partial charge on any atom is 0.175 e. The van der Waals surface area contributed by atoms with Gasteiger partial charge in [0.15, 0.2) is 5.78 Å². The quantitative estimate of drug-likeness (QED) is 0.680. The summed E-state index contributed by atoms with van der Waals surface area (Å²) >= 11 is 3.34. The van der Waals surface area contributed by atoms with E-state index in [1.165, 1.54) is 4.21 Å². The van der Waals surface area contributed by atoms with Crippen molar-refractivity contribution in [2.24, 2.45) is 5.92 Å². The number of thioether (sulfide) groups is 1.